The number of thiol groups is 1. The highest BCUT2D eigenvalue weighted by Gasteiger charge is 2.10. The summed E-state index contributed by atoms with van der Waals surface area (Å²) in [7, 11) is 0. The van der Waals surface area contributed by atoms with Crippen molar-refractivity contribution >= 4 is 18.6 Å². The van der Waals surface area contributed by atoms with E-state index in [1.54, 1.807) is 6.07 Å². The van der Waals surface area contributed by atoms with Gasteiger partial charge in [0, 0.05) is 4.91 Å². The number of carboxylic acid groups (broad SMARTS) is 1. The molecule has 0 saturated carbocycles. The quantitative estimate of drug-likeness (QED) is 0.309. The number of allylic oxidation sites excluding steroid dienone is 1. The van der Waals surface area contributed by atoms with Crippen molar-refractivity contribution in [2.75, 3.05) is 0 Å². The predicted molar refractivity (Wildman–Crippen MR) is 53.4 cm³/mol. The number of rotatable bonds is 5. The van der Waals surface area contributed by atoms with E-state index in [2.05, 4.69) is 19.6 Å². The van der Waals surface area contributed by atoms with E-state index in [4.69, 9.17) is 10.4 Å². The van der Waals surface area contributed by atoms with Crippen LogP contribution in [0.4, 0.5) is 0 Å². The van der Waals surface area contributed by atoms with Crippen molar-refractivity contribution < 1.29 is 9.90 Å². The fourth-order valence-corrected chi connectivity index (χ4v) is 1.21. The molecule has 3 nitrogen and oxygen atoms in total. The minimum Gasteiger partial charge on any atom is -0.477 e. The van der Waals surface area contributed by atoms with E-state index in [1.165, 1.54) is 0 Å². The first-order valence-corrected chi connectivity index (χ1v) is 4.63. The fraction of sp³-hybridized carbons (Fsp3) is 0.556. The van der Waals surface area contributed by atoms with Crippen LogP contribution in [0.5, 0.6) is 0 Å². The van der Waals surface area contributed by atoms with Crippen LogP contribution in [0.3, 0.4) is 0 Å². The minimum atomic E-state index is -1.19. The van der Waals surface area contributed by atoms with Gasteiger partial charge in [0.1, 0.15) is 11.6 Å². The Kier molecular flexibility index (Phi) is 6.07. The molecule has 0 aliphatic carbocycles. The summed E-state index contributed by atoms with van der Waals surface area (Å²) >= 11 is 3.99. The number of aliphatic carboxylic acids is 1. The van der Waals surface area contributed by atoms with Gasteiger partial charge >= 0.3 is 5.97 Å². The Hall–Kier alpha value is -0.950. The molecule has 0 rings (SSSR count). The normalized spacial score (nSPS) is 11.8. The van der Waals surface area contributed by atoms with Crippen LogP contribution in [0.1, 0.15) is 32.6 Å². The SMILES string of the molecule is CCCCC/C(S)=C(/C#N)C(=O)O. The van der Waals surface area contributed by atoms with Crippen LogP contribution in [0.15, 0.2) is 10.5 Å². The molecule has 0 aliphatic rings. The lowest BCUT2D eigenvalue weighted by Gasteiger charge is -1.99. The summed E-state index contributed by atoms with van der Waals surface area (Å²) in [6, 6.07) is 1.63. The highest BCUT2D eigenvalue weighted by atomic mass is 32.1. The molecule has 0 amide bonds. The Balaban J connectivity index is 4.25. The molecule has 0 fully saturated rings. The van der Waals surface area contributed by atoms with Gasteiger partial charge in [-0.25, -0.2) is 4.79 Å². The maximum atomic E-state index is 10.5. The molecular formula is C9H13NO2S. The average molecular weight is 199 g/mol. The molecular weight excluding hydrogens is 186 g/mol. The Morgan fingerprint density at radius 1 is 1.54 bits per heavy atom. The summed E-state index contributed by atoms with van der Waals surface area (Å²) in [6.45, 7) is 2.06. The highest BCUT2D eigenvalue weighted by molar-refractivity contribution is 7.84. The standard InChI is InChI=1S/C9H13NO2S/c1-2-3-4-5-8(13)7(6-10)9(11)12/h13H,2-5H2,1H3,(H,11,12)/b8-7+. The molecule has 0 aromatic heterocycles. The van der Waals surface area contributed by atoms with E-state index in [9.17, 15) is 4.79 Å². The largest absolute Gasteiger partial charge is 0.477 e. The molecule has 0 atom stereocenters. The number of hydrogen-bond acceptors (Lipinski definition) is 3. The molecule has 0 spiro atoms. The van der Waals surface area contributed by atoms with E-state index in [0.29, 0.717) is 11.3 Å². The first-order chi connectivity index (χ1) is 6.13. The molecule has 0 aliphatic heterocycles. The Morgan fingerprint density at radius 3 is 2.54 bits per heavy atom. The van der Waals surface area contributed by atoms with Gasteiger partial charge in [0.05, 0.1) is 0 Å². The summed E-state index contributed by atoms with van der Waals surface area (Å²) in [5, 5.41) is 17.1. The van der Waals surface area contributed by atoms with Crippen LogP contribution in [0.2, 0.25) is 0 Å². The van der Waals surface area contributed by atoms with Crippen molar-refractivity contribution in [3.05, 3.63) is 10.5 Å². The van der Waals surface area contributed by atoms with Crippen LogP contribution in [-0.2, 0) is 4.79 Å². The maximum absolute atomic E-state index is 10.5. The fourth-order valence-electron chi connectivity index (χ4n) is 0.903. The lowest BCUT2D eigenvalue weighted by Crippen LogP contribution is -2.00. The zero-order valence-corrected chi connectivity index (χ0v) is 8.47. The van der Waals surface area contributed by atoms with Crippen molar-refractivity contribution in [1.29, 1.82) is 5.26 Å². The molecule has 0 unspecified atom stereocenters. The van der Waals surface area contributed by atoms with E-state index < -0.39 is 5.97 Å². The van der Waals surface area contributed by atoms with Gasteiger partial charge in [-0.1, -0.05) is 19.8 Å². The zero-order valence-electron chi connectivity index (χ0n) is 7.58. The second-order valence-corrected chi connectivity index (χ2v) is 3.24. The van der Waals surface area contributed by atoms with Crippen LogP contribution < -0.4 is 0 Å². The zero-order chi connectivity index (χ0) is 10.3. The number of nitriles is 1. The van der Waals surface area contributed by atoms with Crippen molar-refractivity contribution in [3.63, 3.8) is 0 Å². The first-order valence-electron chi connectivity index (χ1n) is 4.19. The molecule has 0 radical (unpaired) electrons. The van der Waals surface area contributed by atoms with Gasteiger partial charge in [0.15, 0.2) is 0 Å². The van der Waals surface area contributed by atoms with Gasteiger partial charge in [0.2, 0.25) is 0 Å². The van der Waals surface area contributed by atoms with Gasteiger partial charge in [-0.05, 0) is 12.8 Å². The third-order valence-electron chi connectivity index (χ3n) is 1.63. The number of nitrogens with zero attached hydrogens (tertiary/aromatic N) is 1. The molecule has 0 heterocycles. The van der Waals surface area contributed by atoms with Crippen LogP contribution in [0, 0.1) is 11.3 Å². The first kappa shape index (κ1) is 12.0. The lowest BCUT2D eigenvalue weighted by atomic mass is 10.1. The number of carbonyl (C=O) groups is 1. The molecule has 72 valence electrons. The molecule has 0 aromatic carbocycles. The summed E-state index contributed by atoms with van der Waals surface area (Å²) in [5.41, 5.74) is -0.237. The summed E-state index contributed by atoms with van der Waals surface area (Å²) in [6.07, 6.45) is 3.55. The monoisotopic (exact) mass is 199 g/mol. The third-order valence-corrected chi connectivity index (χ3v) is 2.08. The highest BCUT2D eigenvalue weighted by Crippen LogP contribution is 2.16. The number of carboxylic acids is 1. The van der Waals surface area contributed by atoms with E-state index in [1.807, 2.05) is 0 Å². The molecule has 0 aromatic rings. The van der Waals surface area contributed by atoms with Crippen molar-refractivity contribution in [1.82, 2.24) is 0 Å². The van der Waals surface area contributed by atoms with Gasteiger partial charge in [0.25, 0.3) is 0 Å². The van der Waals surface area contributed by atoms with Gasteiger partial charge in [-0.15, -0.1) is 12.6 Å². The minimum absolute atomic E-state index is 0.237. The lowest BCUT2D eigenvalue weighted by molar-refractivity contribution is -0.132. The molecule has 0 bridgehead atoms. The Labute approximate surface area is 83.5 Å². The molecule has 13 heavy (non-hydrogen) atoms. The molecule has 0 saturated heterocycles. The average Bonchev–Trinajstić information content (AvgIpc) is 2.05. The Bertz CT molecular complexity index is 253. The summed E-state index contributed by atoms with van der Waals surface area (Å²) in [4.78, 5) is 10.9. The number of hydrogen-bond donors (Lipinski definition) is 2. The van der Waals surface area contributed by atoms with Crippen molar-refractivity contribution in [2.45, 2.75) is 32.6 Å². The topological polar surface area (TPSA) is 61.1 Å². The van der Waals surface area contributed by atoms with Crippen LogP contribution >= 0.6 is 12.6 Å². The summed E-state index contributed by atoms with van der Waals surface area (Å²) in [5.74, 6) is -1.19. The van der Waals surface area contributed by atoms with E-state index in [-0.39, 0.29) is 5.57 Å². The van der Waals surface area contributed by atoms with Gasteiger partial charge in [-0.3, -0.25) is 0 Å². The smallest absolute Gasteiger partial charge is 0.347 e. The Morgan fingerprint density at radius 2 is 2.15 bits per heavy atom. The maximum Gasteiger partial charge on any atom is 0.347 e. The van der Waals surface area contributed by atoms with Crippen LogP contribution in [-0.4, -0.2) is 11.1 Å². The van der Waals surface area contributed by atoms with Gasteiger partial charge in [-0.2, -0.15) is 5.26 Å². The summed E-state index contributed by atoms with van der Waals surface area (Å²) < 4.78 is 0. The van der Waals surface area contributed by atoms with Crippen molar-refractivity contribution in [2.24, 2.45) is 0 Å². The van der Waals surface area contributed by atoms with E-state index in [0.717, 1.165) is 19.3 Å². The number of unbranched alkanes of at least 4 members (excludes halogenated alkanes) is 2. The van der Waals surface area contributed by atoms with Crippen molar-refractivity contribution in [3.8, 4) is 6.07 Å². The second-order valence-electron chi connectivity index (χ2n) is 2.70. The van der Waals surface area contributed by atoms with E-state index >= 15 is 0 Å². The second kappa shape index (κ2) is 6.55. The third kappa shape index (κ3) is 4.58. The van der Waals surface area contributed by atoms with Gasteiger partial charge < -0.3 is 5.11 Å². The van der Waals surface area contributed by atoms with Crippen LogP contribution in [0.25, 0.3) is 0 Å². The predicted octanol–water partition coefficient (Wildman–Crippen LogP) is 2.36. The molecule has 1 N–H and O–H groups in total. The molecule has 4 heteroatoms.